The number of aromatic carboxylic acids is 1. The fraction of sp³-hybridized carbons (Fsp3) is 0.154. The van der Waals surface area contributed by atoms with Gasteiger partial charge in [0.1, 0.15) is 11.3 Å². The third-order valence-corrected chi connectivity index (χ3v) is 9.82. The highest BCUT2D eigenvalue weighted by molar-refractivity contribution is 7.92. The van der Waals surface area contributed by atoms with Gasteiger partial charge in [-0.2, -0.15) is 0 Å². The number of nitrogens with zero attached hydrogens (tertiary/aromatic N) is 2. The SMILES string of the molecule is CS(=O)(=O)N(CCc1c(CCOc2ccccc2C(=O)O)c2cc(Cl)ccc2n1C(c1ccccc1)c1ccccc1)c1ccccc1. The molecule has 7 nitrogen and oxygen atoms in total. The number of anilines is 1. The first-order chi connectivity index (χ1) is 23.2. The van der Waals surface area contributed by atoms with Gasteiger partial charge in [-0.15, -0.1) is 0 Å². The minimum absolute atomic E-state index is 0.0862. The lowest BCUT2D eigenvalue weighted by Crippen LogP contribution is -2.32. The van der Waals surface area contributed by atoms with Crippen molar-refractivity contribution in [2.45, 2.75) is 18.9 Å². The maximum absolute atomic E-state index is 13.2. The zero-order valence-corrected chi connectivity index (χ0v) is 27.9. The molecule has 0 unspecified atom stereocenters. The second-order valence-corrected chi connectivity index (χ2v) is 13.8. The first-order valence-corrected chi connectivity index (χ1v) is 17.8. The van der Waals surface area contributed by atoms with Crippen molar-refractivity contribution >= 4 is 44.2 Å². The Kier molecular flexibility index (Phi) is 9.85. The van der Waals surface area contributed by atoms with Gasteiger partial charge in [0.2, 0.25) is 10.0 Å². The van der Waals surface area contributed by atoms with Crippen LogP contribution in [0.5, 0.6) is 5.75 Å². The number of sulfonamides is 1. The quantitative estimate of drug-likeness (QED) is 0.133. The number of carboxylic acids is 1. The number of aromatic nitrogens is 1. The fourth-order valence-corrected chi connectivity index (χ4v) is 7.43. The number of ether oxygens (including phenoxy) is 1. The van der Waals surface area contributed by atoms with Crippen LogP contribution in [0.25, 0.3) is 10.9 Å². The van der Waals surface area contributed by atoms with Gasteiger partial charge >= 0.3 is 5.97 Å². The Balaban J connectivity index is 1.52. The van der Waals surface area contributed by atoms with Crippen molar-refractivity contribution in [2.75, 3.05) is 23.7 Å². The summed E-state index contributed by atoms with van der Waals surface area (Å²) < 4.78 is 36.2. The van der Waals surface area contributed by atoms with Gasteiger partial charge < -0.3 is 14.4 Å². The van der Waals surface area contributed by atoms with Crippen LogP contribution in [0, 0.1) is 0 Å². The molecule has 1 aromatic heterocycles. The van der Waals surface area contributed by atoms with Crippen LogP contribution in [-0.4, -0.2) is 43.5 Å². The highest BCUT2D eigenvalue weighted by atomic mass is 35.5. The summed E-state index contributed by atoms with van der Waals surface area (Å²) in [5.74, 6) is -0.780. The van der Waals surface area contributed by atoms with E-state index in [0.717, 1.165) is 33.3 Å². The Morgan fingerprint density at radius 1 is 0.812 bits per heavy atom. The summed E-state index contributed by atoms with van der Waals surface area (Å²) in [5.41, 5.74) is 5.64. The van der Waals surface area contributed by atoms with Crippen LogP contribution in [0.3, 0.4) is 0 Å². The maximum Gasteiger partial charge on any atom is 0.339 e. The van der Waals surface area contributed by atoms with Crippen LogP contribution in [0.15, 0.2) is 133 Å². The number of hydrogen-bond acceptors (Lipinski definition) is 4. The molecule has 0 spiro atoms. The van der Waals surface area contributed by atoms with E-state index in [0.29, 0.717) is 23.6 Å². The second kappa shape index (κ2) is 14.4. The molecule has 5 aromatic carbocycles. The van der Waals surface area contributed by atoms with Crippen LogP contribution >= 0.6 is 11.6 Å². The minimum atomic E-state index is -3.62. The summed E-state index contributed by atoms with van der Waals surface area (Å²) >= 11 is 6.63. The fourth-order valence-electron chi connectivity index (χ4n) is 6.33. The van der Waals surface area contributed by atoms with Gasteiger partial charge in [0.15, 0.2) is 0 Å². The van der Waals surface area contributed by atoms with Crippen LogP contribution < -0.4 is 9.04 Å². The standard InChI is InChI=1S/C39H35ClN2O5S/c1-48(45,46)41(31-17-9-4-10-18-31)25-23-36-32(24-26-47-37-20-12-11-19-33(37)39(43)44)34-27-30(40)21-22-35(34)42(36)38(28-13-5-2-6-14-28)29-15-7-3-8-16-29/h2-22,27,38H,23-26H2,1H3,(H,43,44). The molecule has 0 saturated carbocycles. The van der Waals surface area contributed by atoms with E-state index in [4.69, 9.17) is 16.3 Å². The molecule has 244 valence electrons. The third kappa shape index (κ3) is 7.10. The van der Waals surface area contributed by atoms with Gasteiger partial charge in [0.25, 0.3) is 0 Å². The Morgan fingerprint density at radius 2 is 1.40 bits per heavy atom. The lowest BCUT2D eigenvalue weighted by molar-refractivity contribution is 0.0692. The van der Waals surface area contributed by atoms with Crippen molar-refractivity contribution < 1.29 is 23.1 Å². The van der Waals surface area contributed by atoms with E-state index in [1.807, 2.05) is 72.8 Å². The first kappa shape index (κ1) is 32.9. The Labute approximate surface area is 285 Å². The van der Waals surface area contributed by atoms with E-state index in [9.17, 15) is 18.3 Å². The minimum Gasteiger partial charge on any atom is -0.492 e. The van der Waals surface area contributed by atoms with Gasteiger partial charge in [-0.25, -0.2) is 13.2 Å². The number of carbonyl (C=O) groups is 1. The monoisotopic (exact) mass is 678 g/mol. The van der Waals surface area contributed by atoms with Crippen molar-refractivity contribution in [3.8, 4) is 5.75 Å². The number of carboxylic acid groups (broad SMARTS) is 1. The molecule has 9 heteroatoms. The van der Waals surface area contributed by atoms with Gasteiger partial charge in [-0.05, 0) is 59.2 Å². The van der Waals surface area contributed by atoms with Crippen molar-refractivity contribution in [1.82, 2.24) is 4.57 Å². The maximum atomic E-state index is 13.2. The molecular formula is C39H35ClN2O5S. The number of fused-ring (bicyclic) bond motifs is 1. The molecular weight excluding hydrogens is 644 g/mol. The molecule has 48 heavy (non-hydrogen) atoms. The highest BCUT2D eigenvalue weighted by Crippen LogP contribution is 2.38. The van der Waals surface area contributed by atoms with E-state index in [1.54, 1.807) is 30.3 Å². The summed E-state index contributed by atoms with van der Waals surface area (Å²) in [6.07, 6.45) is 2.03. The predicted molar refractivity (Wildman–Crippen MR) is 192 cm³/mol. The highest BCUT2D eigenvalue weighted by Gasteiger charge is 2.27. The number of halogens is 1. The summed E-state index contributed by atoms with van der Waals surface area (Å²) in [6.45, 7) is 0.387. The average Bonchev–Trinajstić information content (AvgIpc) is 3.37. The first-order valence-electron chi connectivity index (χ1n) is 15.6. The van der Waals surface area contributed by atoms with Crippen molar-refractivity contribution in [1.29, 1.82) is 0 Å². The van der Waals surface area contributed by atoms with E-state index in [1.165, 1.54) is 16.6 Å². The van der Waals surface area contributed by atoms with Crippen molar-refractivity contribution in [3.63, 3.8) is 0 Å². The molecule has 6 aromatic rings. The number of benzene rings is 5. The van der Waals surface area contributed by atoms with E-state index < -0.39 is 16.0 Å². The summed E-state index contributed by atoms with van der Waals surface area (Å²) in [7, 11) is -3.62. The van der Waals surface area contributed by atoms with E-state index in [-0.39, 0.29) is 30.5 Å². The molecule has 1 N–H and O–H groups in total. The van der Waals surface area contributed by atoms with Gasteiger partial charge in [-0.3, -0.25) is 4.31 Å². The predicted octanol–water partition coefficient (Wildman–Crippen LogP) is 8.26. The molecule has 0 fully saturated rings. The smallest absolute Gasteiger partial charge is 0.339 e. The largest absolute Gasteiger partial charge is 0.492 e. The third-order valence-electron chi connectivity index (χ3n) is 8.39. The molecule has 0 aliphatic rings. The lowest BCUT2D eigenvalue weighted by atomic mass is 9.97. The molecule has 1 heterocycles. The van der Waals surface area contributed by atoms with Crippen molar-refractivity contribution in [3.05, 3.63) is 166 Å². The number of para-hydroxylation sites is 2. The van der Waals surface area contributed by atoms with Gasteiger partial charge in [0.05, 0.1) is 24.6 Å². The number of hydrogen-bond donors (Lipinski definition) is 1. The average molecular weight is 679 g/mol. The summed E-state index contributed by atoms with van der Waals surface area (Å²) in [4.78, 5) is 11.9. The Morgan fingerprint density at radius 3 is 2.00 bits per heavy atom. The Hall–Kier alpha value is -5.05. The molecule has 0 radical (unpaired) electrons. The second-order valence-electron chi connectivity index (χ2n) is 11.5. The molecule has 0 atom stereocenters. The van der Waals surface area contributed by atoms with Crippen LogP contribution in [0.2, 0.25) is 5.02 Å². The molecule has 0 aliphatic heterocycles. The molecule has 0 amide bonds. The van der Waals surface area contributed by atoms with Crippen molar-refractivity contribution in [2.24, 2.45) is 0 Å². The van der Waals surface area contributed by atoms with Crippen LogP contribution in [0.4, 0.5) is 5.69 Å². The molecule has 6 rings (SSSR count). The zero-order valence-electron chi connectivity index (χ0n) is 26.4. The molecule has 0 saturated heterocycles. The zero-order chi connectivity index (χ0) is 33.7. The molecule has 0 bridgehead atoms. The normalized spacial score (nSPS) is 11.6. The summed E-state index contributed by atoms with van der Waals surface area (Å²) in [6, 6.07) is 41.7. The van der Waals surface area contributed by atoms with Gasteiger partial charge in [-0.1, -0.05) is 103 Å². The van der Waals surface area contributed by atoms with Crippen LogP contribution in [0.1, 0.15) is 38.8 Å². The lowest BCUT2D eigenvalue weighted by Gasteiger charge is -2.27. The van der Waals surface area contributed by atoms with E-state index in [2.05, 4.69) is 28.8 Å². The summed E-state index contributed by atoms with van der Waals surface area (Å²) in [5, 5.41) is 11.2. The Bertz CT molecular complexity index is 2100. The van der Waals surface area contributed by atoms with E-state index >= 15 is 0 Å². The van der Waals surface area contributed by atoms with Crippen LogP contribution in [-0.2, 0) is 22.9 Å². The molecule has 0 aliphatic carbocycles. The number of rotatable bonds is 13. The van der Waals surface area contributed by atoms with Gasteiger partial charge in [0, 0.05) is 41.0 Å². The topological polar surface area (TPSA) is 88.8 Å².